The van der Waals surface area contributed by atoms with Gasteiger partial charge in [-0.2, -0.15) is 0 Å². The molecule has 1 aliphatic rings. The first-order chi connectivity index (χ1) is 8.26. The second-order valence-electron chi connectivity index (χ2n) is 5.28. The van der Waals surface area contributed by atoms with Crippen molar-refractivity contribution < 1.29 is 13.2 Å². The highest BCUT2D eigenvalue weighted by Gasteiger charge is 2.48. The molecule has 1 atom stereocenters. The van der Waals surface area contributed by atoms with Crippen molar-refractivity contribution in [1.29, 1.82) is 0 Å². The van der Waals surface area contributed by atoms with E-state index in [-0.39, 0.29) is 22.1 Å². The minimum atomic E-state index is -3.56. The minimum Gasteiger partial charge on any atom is -0.495 e. The molecule has 1 aromatic carbocycles. The highest BCUT2D eigenvalue weighted by atomic mass is 32.2. The fraction of sp³-hybridized carbons (Fsp3) is 0.500. The molecule has 0 saturated heterocycles. The van der Waals surface area contributed by atoms with Crippen molar-refractivity contribution in [1.82, 2.24) is 4.72 Å². The fourth-order valence-electron chi connectivity index (χ4n) is 1.83. The lowest BCUT2D eigenvalue weighted by Crippen LogP contribution is -2.28. The second kappa shape index (κ2) is 4.13. The summed E-state index contributed by atoms with van der Waals surface area (Å²) in [5.74, 6) is 0.265. The van der Waals surface area contributed by atoms with Crippen LogP contribution in [0.2, 0.25) is 0 Å². The van der Waals surface area contributed by atoms with Gasteiger partial charge < -0.3 is 10.5 Å². The maximum Gasteiger partial charge on any atom is 0.244 e. The largest absolute Gasteiger partial charge is 0.495 e. The van der Waals surface area contributed by atoms with Crippen LogP contribution in [0, 0.1) is 5.41 Å². The van der Waals surface area contributed by atoms with Crippen LogP contribution in [-0.4, -0.2) is 21.6 Å². The maximum atomic E-state index is 12.2. The van der Waals surface area contributed by atoms with Gasteiger partial charge in [-0.25, -0.2) is 13.1 Å². The summed E-state index contributed by atoms with van der Waals surface area (Å²) in [6.07, 6.45) is 0.851. The summed E-state index contributed by atoms with van der Waals surface area (Å²) in [4.78, 5) is 0.127. The van der Waals surface area contributed by atoms with Crippen LogP contribution in [0.4, 0.5) is 5.69 Å². The summed E-state index contributed by atoms with van der Waals surface area (Å²) in [5.41, 5.74) is 6.11. The average Bonchev–Trinajstić information content (AvgIpc) is 2.84. The summed E-state index contributed by atoms with van der Waals surface area (Å²) in [6, 6.07) is 4.51. The van der Waals surface area contributed by atoms with Gasteiger partial charge in [0.25, 0.3) is 0 Å². The van der Waals surface area contributed by atoms with Gasteiger partial charge in [0.1, 0.15) is 10.6 Å². The highest BCUT2D eigenvalue weighted by molar-refractivity contribution is 7.89. The van der Waals surface area contributed by atoms with Crippen LogP contribution in [0.1, 0.15) is 20.3 Å². The molecule has 1 fully saturated rings. The Kier molecular flexibility index (Phi) is 3.03. The number of hydrogen-bond donors (Lipinski definition) is 2. The molecule has 0 aromatic heterocycles. The van der Waals surface area contributed by atoms with E-state index in [2.05, 4.69) is 4.72 Å². The van der Waals surface area contributed by atoms with Gasteiger partial charge in [-0.15, -0.1) is 0 Å². The monoisotopic (exact) mass is 270 g/mol. The smallest absolute Gasteiger partial charge is 0.244 e. The minimum absolute atomic E-state index is 0.00948. The Bertz CT molecular complexity index is 567. The molecule has 1 aromatic rings. The molecule has 100 valence electrons. The van der Waals surface area contributed by atoms with Gasteiger partial charge in [-0.1, -0.05) is 13.8 Å². The van der Waals surface area contributed by atoms with E-state index in [0.717, 1.165) is 6.42 Å². The molecule has 1 saturated carbocycles. The first kappa shape index (κ1) is 13.2. The molecule has 0 amide bonds. The Balaban J connectivity index is 2.30. The van der Waals surface area contributed by atoms with Crippen LogP contribution in [0.5, 0.6) is 5.75 Å². The lowest BCUT2D eigenvalue weighted by molar-refractivity contribution is 0.402. The Morgan fingerprint density at radius 1 is 1.44 bits per heavy atom. The zero-order valence-corrected chi connectivity index (χ0v) is 11.5. The van der Waals surface area contributed by atoms with Crippen LogP contribution in [0.25, 0.3) is 0 Å². The van der Waals surface area contributed by atoms with Crippen LogP contribution in [-0.2, 0) is 10.0 Å². The van der Waals surface area contributed by atoms with Crippen molar-refractivity contribution in [3.05, 3.63) is 18.2 Å². The summed E-state index contributed by atoms with van der Waals surface area (Å²) in [5, 5.41) is 0. The first-order valence-electron chi connectivity index (χ1n) is 5.72. The number of hydrogen-bond acceptors (Lipinski definition) is 4. The highest BCUT2D eigenvalue weighted by Crippen LogP contribution is 2.45. The Morgan fingerprint density at radius 2 is 2.06 bits per heavy atom. The number of rotatable bonds is 4. The number of methoxy groups -OCH3 is 1. The van der Waals surface area contributed by atoms with Crippen molar-refractivity contribution in [2.24, 2.45) is 5.41 Å². The summed E-state index contributed by atoms with van der Waals surface area (Å²) < 4.78 is 32.2. The van der Waals surface area contributed by atoms with Gasteiger partial charge in [-0.05, 0) is 24.0 Å². The standard InChI is InChI=1S/C12H18N2O3S/c1-12(2)7-11(12)14-18(15,16)10-5-4-8(13)6-9(10)17-3/h4-6,11,14H,7,13H2,1-3H3. The van der Waals surface area contributed by atoms with E-state index < -0.39 is 10.0 Å². The summed E-state index contributed by atoms with van der Waals surface area (Å²) in [6.45, 7) is 4.06. The molecule has 5 nitrogen and oxygen atoms in total. The van der Waals surface area contributed by atoms with Gasteiger partial charge in [-0.3, -0.25) is 0 Å². The molecule has 18 heavy (non-hydrogen) atoms. The number of nitrogens with two attached hydrogens (primary N) is 1. The van der Waals surface area contributed by atoms with Crippen molar-refractivity contribution in [2.45, 2.75) is 31.2 Å². The zero-order chi connectivity index (χ0) is 13.6. The Morgan fingerprint density at radius 3 is 2.56 bits per heavy atom. The molecule has 0 aliphatic heterocycles. The van der Waals surface area contributed by atoms with E-state index in [1.807, 2.05) is 13.8 Å². The van der Waals surface area contributed by atoms with E-state index in [4.69, 9.17) is 10.5 Å². The van der Waals surface area contributed by atoms with Crippen LogP contribution in [0.15, 0.2) is 23.1 Å². The molecule has 6 heteroatoms. The maximum absolute atomic E-state index is 12.2. The number of benzene rings is 1. The van der Waals surface area contributed by atoms with Gasteiger partial charge in [0.05, 0.1) is 7.11 Å². The van der Waals surface area contributed by atoms with E-state index in [0.29, 0.717) is 5.69 Å². The third-order valence-electron chi connectivity index (χ3n) is 3.29. The molecular formula is C12H18N2O3S. The molecule has 1 aliphatic carbocycles. The zero-order valence-electron chi connectivity index (χ0n) is 10.7. The third-order valence-corrected chi connectivity index (χ3v) is 4.80. The molecule has 0 radical (unpaired) electrons. The predicted octanol–water partition coefficient (Wildman–Crippen LogP) is 1.35. The van der Waals surface area contributed by atoms with Gasteiger partial charge in [0.2, 0.25) is 10.0 Å². The van der Waals surface area contributed by atoms with Crippen molar-refractivity contribution in [3.8, 4) is 5.75 Å². The molecule has 0 spiro atoms. The van der Waals surface area contributed by atoms with Crippen molar-refractivity contribution >= 4 is 15.7 Å². The van der Waals surface area contributed by atoms with Gasteiger partial charge >= 0.3 is 0 Å². The molecule has 3 N–H and O–H groups in total. The molecule has 2 rings (SSSR count). The second-order valence-corrected chi connectivity index (χ2v) is 6.96. The predicted molar refractivity (Wildman–Crippen MR) is 69.9 cm³/mol. The number of sulfonamides is 1. The molecular weight excluding hydrogens is 252 g/mol. The Hall–Kier alpha value is -1.27. The Labute approximate surface area is 107 Å². The SMILES string of the molecule is COc1cc(N)ccc1S(=O)(=O)NC1CC1(C)C. The first-order valence-corrected chi connectivity index (χ1v) is 7.20. The topological polar surface area (TPSA) is 81.4 Å². The van der Waals surface area contributed by atoms with Crippen LogP contribution < -0.4 is 15.2 Å². The summed E-state index contributed by atoms with van der Waals surface area (Å²) in [7, 11) is -2.13. The summed E-state index contributed by atoms with van der Waals surface area (Å²) >= 11 is 0. The lowest BCUT2D eigenvalue weighted by atomic mass is 10.2. The van der Waals surface area contributed by atoms with E-state index in [1.54, 1.807) is 6.07 Å². The number of nitrogens with one attached hydrogen (secondary N) is 1. The van der Waals surface area contributed by atoms with Gasteiger partial charge in [0, 0.05) is 17.8 Å². The van der Waals surface area contributed by atoms with Crippen molar-refractivity contribution in [2.75, 3.05) is 12.8 Å². The van der Waals surface area contributed by atoms with E-state index in [9.17, 15) is 8.42 Å². The van der Waals surface area contributed by atoms with E-state index >= 15 is 0 Å². The molecule has 0 heterocycles. The van der Waals surface area contributed by atoms with Crippen LogP contribution >= 0.6 is 0 Å². The molecule has 0 bridgehead atoms. The number of nitrogen functional groups attached to an aromatic ring is 1. The fourth-order valence-corrected chi connectivity index (χ4v) is 3.38. The van der Waals surface area contributed by atoms with Crippen molar-refractivity contribution in [3.63, 3.8) is 0 Å². The normalized spacial score (nSPS) is 21.6. The third kappa shape index (κ3) is 2.44. The molecule has 1 unspecified atom stereocenters. The number of ether oxygens (including phenoxy) is 1. The van der Waals surface area contributed by atoms with E-state index in [1.165, 1.54) is 19.2 Å². The van der Waals surface area contributed by atoms with Gasteiger partial charge in [0.15, 0.2) is 0 Å². The quantitative estimate of drug-likeness (QED) is 0.809. The lowest BCUT2D eigenvalue weighted by Gasteiger charge is -2.12. The van der Waals surface area contributed by atoms with Crippen LogP contribution in [0.3, 0.4) is 0 Å². The average molecular weight is 270 g/mol. The number of anilines is 1.